The van der Waals surface area contributed by atoms with E-state index >= 15 is 0 Å². The first-order chi connectivity index (χ1) is 11.1. The minimum absolute atomic E-state index is 0.0494. The van der Waals surface area contributed by atoms with Crippen LogP contribution in [0.3, 0.4) is 0 Å². The maximum Gasteiger partial charge on any atom is 0.357 e. The van der Waals surface area contributed by atoms with Gasteiger partial charge in [0.1, 0.15) is 10.8 Å². The number of esters is 1. The number of hydrogen-bond donors (Lipinski definition) is 0. The number of thiazole rings is 1. The minimum atomic E-state index is -0.420. The van der Waals surface area contributed by atoms with Crippen LogP contribution in [0.5, 0.6) is 0 Å². The predicted molar refractivity (Wildman–Crippen MR) is 84.5 cm³/mol. The van der Waals surface area contributed by atoms with Crippen molar-refractivity contribution >= 4 is 23.2 Å². The fourth-order valence-corrected chi connectivity index (χ4v) is 3.70. The fraction of sp³-hybridized carbons (Fsp3) is 0.438. The van der Waals surface area contributed by atoms with Crippen LogP contribution < -0.4 is 0 Å². The second-order valence-corrected chi connectivity index (χ2v) is 6.23. The standard InChI is InChI=1S/C16H18N2O4S/c1-3-21-16(20)12-9-23-14(17-12)13-5-4-7-18(13)15(19)11-6-8-22-10(11)2/h6,8-9,13H,3-5,7H2,1-2H3. The molecule has 2 aromatic heterocycles. The molecule has 2 aromatic rings. The Morgan fingerprint density at radius 1 is 1.52 bits per heavy atom. The number of likely N-dealkylation sites (tertiary alicyclic amines) is 1. The van der Waals surface area contributed by atoms with Gasteiger partial charge in [-0.2, -0.15) is 0 Å². The number of aromatic nitrogens is 1. The number of nitrogens with zero attached hydrogens (tertiary/aromatic N) is 2. The van der Waals surface area contributed by atoms with E-state index in [1.54, 1.807) is 25.3 Å². The van der Waals surface area contributed by atoms with E-state index in [1.807, 2.05) is 4.90 Å². The highest BCUT2D eigenvalue weighted by Gasteiger charge is 2.34. The van der Waals surface area contributed by atoms with Crippen LogP contribution in [-0.4, -0.2) is 34.9 Å². The minimum Gasteiger partial charge on any atom is -0.469 e. The van der Waals surface area contributed by atoms with Gasteiger partial charge in [0.15, 0.2) is 5.69 Å². The molecule has 1 fully saturated rings. The molecule has 0 saturated carbocycles. The number of ether oxygens (including phenoxy) is 1. The molecule has 0 bridgehead atoms. The van der Waals surface area contributed by atoms with Gasteiger partial charge in [0, 0.05) is 11.9 Å². The second kappa shape index (κ2) is 6.54. The van der Waals surface area contributed by atoms with Gasteiger partial charge in [-0.25, -0.2) is 9.78 Å². The molecular weight excluding hydrogens is 316 g/mol. The fourth-order valence-electron chi connectivity index (χ4n) is 2.77. The first-order valence-electron chi connectivity index (χ1n) is 7.59. The van der Waals surface area contributed by atoms with Crippen molar-refractivity contribution in [2.45, 2.75) is 32.7 Å². The number of carbonyl (C=O) groups excluding carboxylic acids is 2. The Bertz CT molecular complexity index is 721. The van der Waals surface area contributed by atoms with Gasteiger partial charge in [-0.3, -0.25) is 4.79 Å². The highest BCUT2D eigenvalue weighted by molar-refractivity contribution is 7.09. The topological polar surface area (TPSA) is 72.6 Å². The molecule has 1 saturated heterocycles. The van der Waals surface area contributed by atoms with E-state index in [4.69, 9.17) is 9.15 Å². The monoisotopic (exact) mass is 334 g/mol. The Morgan fingerprint density at radius 2 is 2.35 bits per heavy atom. The van der Waals surface area contributed by atoms with Gasteiger partial charge in [0.25, 0.3) is 5.91 Å². The summed E-state index contributed by atoms with van der Waals surface area (Å²) in [5.41, 5.74) is 0.893. The van der Waals surface area contributed by atoms with Crippen LogP contribution >= 0.6 is 11.3 Å². The summed E-state index contributed by atoms with van der Waals surface area (Å²) in [4.78, 5) is 30.6. The quantitative estimate of drug-likeness (QED) is 0.803. The Labute approximate surface area is 138 Å². The molecule has 0 N–H and O–H groups in total. The molecule has 0 spiro atoms. The first-order valence-corrected chi connectivity index (χ1v) is 8.47. The zero-order valence-electron chi connectivity index (χ0n) is 13.1. The smallest absolute Gasteiger partial charge is 0.357 e. The van der Waals surface area contributed by atoms with Crippen molar-refractivity contribution in [3.8, 4) is 0 Å². The molecule has 3 heterocycles. The second-order valence-electron chi connectivity index (χ2n) is 5.34. The van der Waals surface area contributed by atoms with Gasteiger partial charge in [-0.15, -0.1) is 11.3 Å². The SMILES string of the molecule is CCOC(=O)c1csc(C2CCCN2C(=O)c2ccoc2C)n1. The lowest BCUT2D eigenvalue weighted by molar-refractivity contribution is 0.0520. The van der Waals surface area contributed by atoms with Crippen molar-refractivity contribution in [3.63, 3.8) is 0 Å². The average molecular weight is 334 g/mol. The molecule has 0 radical (unpaired) electrons. The van der Waals surface area contributed by atoms with Crippen LogP contribution in [0.15, 0.2) is 22.1 Å². The number of hydrogen-bond acceptors (Lipinski definition) is 6. The van der Waals surface area contributed by atoms with Crippen LogP contribution in [0.25, 0.3) is 0 Å². The molecule has 0 aromatic carbocycles. The van der Waals surface area contributed by atoms with E-state index in [0.717, 1.165) is 17.8 Å². The number of rotatable bonds is 4. The van der Waals surface area contributed by atoms with Crippen LogP contribution in [0.4, 0.5) is 0 Å². The van der Waals surface area contributed by atoms with E-state index in [9.17, 15) is 9.59 Å². The molecule has 6 nitrogen and oxygen atoms in total. The Balaban J connectivity index is 1.81. The summed E-state index contributed by atoms with van der Waals surface area (Å²) >= 11 is 1.39. The molecule has 1 aliphatic heterocycles. The van der Waals surface area contributed by atoms with E-state index in [-0.39, 0.29) is 11.9 Å². The van der Waals surface area contributed by atoms with Gasteiger partial charge in [0.05, 0.1) is 24.5 Å². The van der Waals surface area contributed by atoms with Crippen LogP contribution in [0.2, 0.25) is 0 Å². The summed E-state index contributed by atoms with van der Waals surface area (Å²) < 4.78 is 10.2. The highest BCUT2D eigenvalue weighted by atomic mass is 32.1. The van der Waals surface area contributed by atoms with Gasteiger partial charge in [-0.05, 0) is 32.8 Å². The summed E-state index contributed by atoms with van der Waals surface area (Å²) in [5, 5.41) is 2.47. The average Bonchev–Trinajstić information content (AvgIpc) is 3.26. The molecular formula is C16H18N2O4S. The maximum atomic E-state index is 12.7. The third-order valence-corrected chi connectivity index (χ3v) is 4.84. The third kappa shape index (κ3) is 3.01. The number of aryl methyl sites for hydroxylation is 1. The Hall–Kier alpha value is -2.15. The van der Waals surface area contributed by atoms with Crippen molar-refractivity contribution < 1.29 is 18.7 Å². The van der Waals surface area contributed by atoms with Crippen molar-refractivity contribution in [2.75, 3.05) is 13.2 Å². The van der Waals surface area contributed by atoms with Gasteiger partial charge < -0.3 is 14.1 Å². The van der Waals surface area contributed by atoms with Gasteiger partial charge >= 0.3 is 5.97 Å². The van der Waals surface area contributed by atoms with Crippen LogP contribution in [0.1, 0.15) is 57.4 Å². The number of furan rings is 1. The van der Waals surface area contributed by atoms with E-state index < -0.39 is 5.97 Å². The summed E-state index contributed by atoms with van der Waals surface area (Å²) in [6, 6.07) is 1.60. The number of amides is 1. The van der Waals surface area contributed by atoms with Gasteiger partial charge in [0.2, 0.25) is 0 Å². The van der Waals surface area contributed by atoms with E-state index in [0.29, 0.717) is 30.2 Å². The van der Waals surface area contributed by atoms with Crippen LogP contribution in [0, 0.1) is 6.92 Å². The lowest BCUT2D eigenvalue weighted by Crippen LogP contribution is -2.30. The summed E-state index contributed by atoms with van der Waals surface area (Å²) in [5.74, 6) is 0.148. The zero-order chi connectivity index (χ0) is 16.4. The van der Waals surface area contributed by atoms with Crippen molar-refractivity contribution in [1.82, 2.24) is 9.88 Å². The van der Waals surface area contributed by atoms with Crippen molar-refractivity contribution in [2.24, 2.45) is 0 Å². The summed E-state index contributed by atoms with van der Waals surface area (Å²) in [7, 11) is 0. The van der Waals surface area contributed by atoms with Crippen molar-refractivity contribution in [1.29, 1.82) is 0 Å². The molecule has 1 unspecified atom stereocenters. The van der Waals surface area contributed by atoms with Crippen molar-refractivity contribution in [3.05, 3.63) is 39.7 Å². The molecule has 122 valence electrons. The van der Waals surface area contributed by atoms with Crippen LogP contribution in [-0.2, 0) is 4.74 Å². The lowest BCUT2D eigenvalue weighted by Gasteiger charge is -2.22. The van der Waals surface area contributed by atoms with Gasteiger partial charge in [-0.1, -0.05) is 0 Å². The first kappa shape index (κ1) is 15.7. The zero-order valence-corrected chi connectivity index (χ0v) is 13.9. The Kier molecular flexibility index (Phi) is 4.47. The maximum absolute atomic E-state index is 12.7. The molecule has 3 rings (SSSR count). The molecule has 1 aliphatic rings. The normalized spacial score (nSPS) is 17.5. The predicted octanol–water partition coefficient (Wildman–Crippen LogP) is 3.20. The largest absolute Gasteiger partial charge is 0.469 e. The molecule has 1 atom stereocenters. The Morgan fingerprint density at radius 3 is 3.04 bits per heavy atom. The van der Waals surface area contributed by atoms with E-state index in [2.05, 4.69) is 4.98 Å². The highest BCUT2D eigenvalue weighted by Crippen LogP contribution is 2.35. The molecule has 7 heteroatoms. The molecule has 1 amide bonds. The molecule has 23 heavy (non-hydrogen) atoms. The lowest BCUT2D eigenvalue weighted by atomic mass is 10.2. The summed E-state index contributed by atoms with van der Waals surface area (Å²) in [6.07, 6.45) is 3.29. The van der Waals surface area contributed by atoms with E-state index in [1.165, 1.54) is 17.6 Å². The summed E-state index contributed by atoms with van der Waals surface area (Å²) in [6.45, 7) is 4.54. The third-order valence-electron chi connectivity index (χ3n) is 3.89. The number of carbonyl (C=O) groups is 2. The molecule has 0 aliphatic carbocycles.